The van der Waals surface area contributed by atoms with Gasteiger partial charge in [-0.2, -0.15) is 0 Å². The molecule has 0 saturated carbocycles. The molecule has 0 aromatic heterocycles. The second kappa shape index (κ2) is 6.11. The van der Waals surface area contributed by atoms with Crippen LogP contribution in [0.25, 0.3) is 0 Å². The van der Waals surface area contributed by atoms with E-state index >= 15 is 0 Å². The third kappa shape index (κ3) is 15.8. The van der Waals surface area contributed by atoms with Crippen molar-refractivity contribution >= 4 is 10.4 Å². The summed E-state index contributed by atoms with van der Waals surface area (Å²) in [7, 11) is -5.08. The topological polar surface area (TPSA) is 66.4 Å². The maximum Gasteiger partial charge on any atom is 1.00 e. The molecule has 0 N–H and O–H groups in total. The molecule has 0 rings (SSSR count). The Kier molecular flexibility index (Phi) is 12.2. The van der Waals surface area contributed by atoms with Crippen molar-refractivity contribution in [1.29, 1.82) is 0 Å². The molecule has 0 amide bonds. The second-order valence-electron chi connectivity index (χ2n) is 0.471. The number of hydrogen-bond acceptors (Lipinski definition) is 4. The number of halogens is 1. The predicted molar refractivity (Wildman–Crippen MR) is 11.9 cm³/mol. The summed E-state index contributed by atoms with van der Waals surface area (Å²) in [5.41, 5.74) is 0. The first-order valence-corrected chi connectivity index (χ1v) is 2.15. The summed E-state index contributed by atoms with van der Waals surface area (Å²) in [5.74, 6) is 0. The van der Waals surface area contributed by atoms with E-state index < -0.39 is 10.4 Å². The summed E-state index contributed by atoms with van der Waals surface area (Å²) < 4.78 is 38.5. The summed E-state index contributed by atoms with van der Waals surface area (Å²) in [6.07, 6.45) is 0. The first-order chi connectivity index (χ1) is 2.56. The molecule has 8 heavy (non-hydrogen) atoms. The van der Waals surface area contributed by atoms with Gasteiger partial charge in [0.25, 0.3) is 0 Å². The Hall–Kier alpha value is 0.982. The zero-order chi connectivity index (χ0) is 5.21. The largest absolute Gasteiger partial charge is 1.00 e. The molecular weight excluding hydrogens is 173 g/mol. The molecule has 43 valence electrons. The normalized spacial score (nSPS) is 8.75. The molecule has 0 fully saturated rings. The van der Waals surface area contributed by atoms with E-state index in [1.807, 2.05) is 4.39 Å². The van der Waals surface area contributed by atoms with E-state index in [2.05, 4.69) is 0 Å². The molecule has 0 aliphatic rings. The standard InChI is InChI=1S/FHO4S.Li.V/c1-5-6(2,3)4;;/h(H,2,3,4);;/q;+1;/p-1. The molecule has 0 aromatic carbocycles. The van der Waals surface area contributed by atoms with E-state index in [4.69, 9.17) is 13.0 Å². The molecule has 8 heteroatoms. The fourth-order valence-corrected chi connectivity index (χ4v) is 0. The zero-order valence-corrected chi connectivity index (χ0v) is 6.08. The first-order valence-electron chi connectivity index (χ1n) is 0.821. The van der Waals surface area contributed by atoms with Crippen molar-refractivity contribution in [2.45, 2.75) is 0 Å². The Morgan fingerprint density at radius 1 is 1.50 bits per heavy atom. The number of rotatable bonds is 1. The molecule has 0 aliphatic carbocycles. The summed E-state index contributed by atoms with van der Waals surface area (Å²) in [6.45, 7) is 0. The Bertz CT molecular complexity index is 118. The van der Waals surface area contributed by atoms with E-state index in [0.29, 0.717) is 0 Å². The monoisotopic (exact) mass is 173 g/mol. The maximum absolute atomic E-state index is 10.1. The molecule has 0 aliphatic heterocycles. The van der Waals surface area contributed by atoms with Crippen LogP contribution in [0.4, 0.5) is 4.53 Å². The smallest absolute Gasteiger partial charge is 0.724 e. The van der Waals surface area contributed by atoms with Crippen molar-refractivity contribution in [3.63, 3.8) is 0 Å². The van der Waals surface area contributed by atoms with Crippen LogP contribution < -0.4 is 18.9 Å². The van der Waals surface area contributed by atoms with Gasteiger partial charge in [0.1, 0.15) is 0 Å². The summed E-state index contributed by atoms with van der Waals surface area (Å²) in [6, 6.07) is 0. The van der Waals surface area contributed by atoms with Crippen LogP contribution in [0, 0.1) is 0 Å². The van der Waals surface area contributed by atoms with E-state index in [9.17, 15) is 4.53 Å². The van der Waals surface area contributed by atoms with Gasteiger partial charge in [-0.25, -0.2) is 8.42 Å². The molecule has 0 bridgehead atoms. The third-order valence-electron chi connectivity index (χ3n) is 0.0772. The van der Waals surface area contributed by atoms with Gasteiger partial charge in [-0.3, -0.25) is 0 Å². The first kappa shape index (κ1) is 16.0. The molecule has 4 nitrogen and oxygen atoms in total. The fraction of sp³-hybridized carbons (Fsp3) is 0. The Labute approximate surface area is 69.7 Å². The number of hydrogen-bond donors (Lipinski definition) is 0. The molecule has 0 saturated heterocycles. The van der Waals surface area contributed by atoms with Crippen LogP contribution in [0.5, 0.6) is 0 Å². The average Bonchev–Trinajstić information content (AvgIpc) is 1.35. The van der Waals surface area contributed by atoms with E-state index in [1.54, 1.807) is 0 Å². The van der Waals surface area contributed by atoms with Crippen LogP contribution in [0.2, 0.25) is 0 Å². The van der Waals surface area contributed by atoms with Crippen LogP contribution in [-0.4, -0.2) is 13.0 Å². The summed E-state index contributed by atoms with van der Waals surface area (Å²) in [5, 5.41) is 0. The van der Waals surface area contributed by atoms with Crippen LogP contribution in [0.15, 0.2) is 0 Å². The van der Waals surface area contributed by atoms with Gasteiger partial charge in [0.05, 0.1) is 0 Å². The van der Waals surface area contributed by atoms with Gasteiger partial charge < -0.3 is 4.55 Å². The van der Waals surface area contributed by atoms with Gasteiger partial charge in [0, 0.05) is 18.6 Å². The van der Waals surface area contributed by atoms with E-state index in [1.165, 1.54) is 0 Å². The molecule has 0 atom stereocenters. The van der Waals surface area contributed by atoms with Gasteiger partial charge >= 0.3 is 18.9 Å². The minimum atomic E-state index is -5.08. The Morgan fingerprint density at radius 3 is 1.62 bits per heavy atom. The van der Waals surface area contributed by atoms with Crippen molar-refractivity contribution in [2.24, 2.45) is 0 Å². The van der Waals surface area contributed by atoms with E-state index in [-0.39, 0.29) is 37.4 Å². The summed E-state index contributed by atoms with van der Waals surface area (Å²) in [4.78, 5) is 0. The van der Waals surface area contributed by atoms with Gasteiger partial charge in [0.15, 0.2) is 0 Å². The average molecular weight is 173 g/mol. The van der Waals surface area contributed by atoms with Crippen LogP contribution in [0.3, 0.4) is 0 Å². The van der Waals surface area contributed by atoms with Crippen molar-refractivity contribution in [3.8, 4) is 0 Å². The SMILES string of the molecule is O=S(=O)([O-])OF.[Li+].[V]. The molecule has 0 heterocycles. The summed E-state index contributed by atoms with van der Waals surface area (Å²) >= 11 is 0. The molecule has 0 unspecified atom stereocenters. The van der Waals surface area contributed by atoms with E-state index in [0.717, 1.165) is 0 Å². The van der Waals surface area contributed by atoms with Crippen LogP contribution in [-0.2, 0) is 33.3 Å². The second-order valence-corrected chi connectivity index (χ2v) is 1.41. The quantitative estimate of drug-likeness (QED) is 0.233. The van der Waals surface area contributed by atoms with Gasteiger partial charge in [-0.1, -0.05) is 4.39 Å². The molecule has 0 spiro atoms. The third-order valence-corrected chi connectivity index (χ3v) is 0.231. The Morgan fingerprint density at radius 2 is 1.62 bits per heavy atom. The molecule has 1 radical (unpaired) electrons. The van der Waals surface area contributed by atoms with Gasteiger partial charge in [0.2, 0.25) is 10.4 Å². The molecule has 0 aromatic rings. The minimum absolute atomic E-state index is 0. The van der Waals surface area contributed by atoms with Crippen molar-refractivity contribution < 1.29 is 59.3 Å². The van der Waals surface area contributed by atoms with Gasteiger partial charge in [-0.15, -0.1) is 0 Å². The van der Waals surface area contributed by atoms with Crippen LogP contribution >= 0.6 is 0 Å². The zero-order valence-electron chi connectivity index (χ0n) is 3.87. The predicted octanol–water partition coefficient (Wildman–Crippen LogP) is -3.65. The maximum atomic E-state index is 10.1. The van der Waals surface area contributed by atoms with Crippen LogP contribution in [0.1, 0.15) is 0 Å². The van der Waals surface area contributed by atoms with Crippen molar-refractivity contribution in [3.05, 3.63) is 0 Å². The Balaban J connectivity index is -0.000000125. The fourth-order valence-electron chi connectivity index (χ4n) is 0. The van der Waals surface area contributed by atoms with Crippen molar-refractivity contribution in [1.82, 2.24) is 0 Å². The van der Waals surface area contributed by atoms with Gasteiger partial charge in [-0.05, 0) is 4.53 Å². The van der Waals surface area contributed by atoms with Crippen molar-refractivity contribution in [2.75, 3.05) is 0 Å². The minimum Gasteiger partial charge on any atom is -0.724 e. The molecular formula is FLiO4SV.